The number of aliphatic hydroxyl groups is 1. The van der Waals surface area contributed by atoms with E-state index in [1.165, 1.54) is 32.2 Å². The zero-order valence-corrected chi connectivity index (χ0v) is 23.0. The molecule has 2 aromatic carbocycles. The van der Waals surface area contributed by atoms with Crippen molar-refractivity contribution in [2.75, 3.05) is 39.3 Å². The van der Waals surface area contributed by atoms with E-state index in [1.807, 2.05) is 36.4 Å². The van der Waals surface area contributed by atoms with Crippen LogP contribution >= 0.6 is 0 Å². The van der Waals surface area contributed by atoms with Crippen molar-refractivity contribution in [2.45, 2.75) is 37.3 Å². The van der Waals surface area contributed by atoms with Crippen LogP contribution in [0.3, 0.4) is 0 Å². The second kappa shape index (κ2) is 16.8. The van der Waals surface area contributed by atoms with Gasteiger partial charge in [-0.15, -0.1) is 0 Å². The Morgan fingerprint density at radius 3 is 1.69 bits per heavy atom. The number of ether oxygens (including phenoxy) is 1. The van der Waals surface area contributed by atoms with Crippen LogP contribution in [0.15, 0.2) is 60.7 Å². The second-order valence-electron chi connectivity index (χ2n) is 9.64. The number of fused-ring (bicyclic) bond motifs is 1. The number of rotatable bonds is 6. The average Bonchev–Trinajstić information content (AvgIpc) is 3.23. The fraction of sp³-hybridized carbons (Fsp3) is 0.414. The van der Waals surface area contributed by atoms with E-state index in [0.717, 1.165) is 19.6 Å². The lowest BCUT2D eigenvalue weighted by Crippen LogP contribution is -2.53. The van der Waals surface area contributed by atoms with E-state index < -0.39 is 35.4 Å². The number of esters is 1. The number of benzene rings is 2. The van der Waals surface area contributed by atoms with Crippen LogP contribution in [0.5, 0.6) is 0 Å². The zero-order valence-electron chi connectivity index (χ0n) is 23.0. The third-order valence-corrected chi connectivity index (χ3v) is 6.86. The van der Waals surface area contributed by atoms with Crippen LogP contribution in [0.25, 0.3) is 0 Å². The van der Waals surface area contributed by atoms with Gasteiger partial charge in [-0.3, -0.25) is 9.80 Å². The minimum Gasteiger partial charge on any atom is -0.473 e. The smallest absolute Gasteiger partial charge is 0.414 e. The van der Waals surface area contributed by atoms with Crippen LogP contribution < -0.4 is 0 Å². The van der Waals surface area contributed by atoms with Gasteiger partial charge >= 0.3 is 29.8 Å². The summed E-state index contributed by atoms with van der Waals surface area (Å²) in [4.78, 5) is 54.5. The molecule has 0 amide bonds. The molecule has 2 fully saturated rings. The first-order valence-corrected chi connectivity index (χ1v) is 13.4. The number of aliphatic carboxylic acids is 4. The number of hydrogen-bond acceptors (Lipinski definition) is 9. The van der Waals surface area contributed by atoms with Gasteiger partial charge in [-0.1, -0.05) is 73.5 Å². The number of carbonyl (C=O) groups is 5. The lowest BCUT2D eigenvalue weighted by molar-refractivity contribution is -0.162. The summed E-state index contributed by atoms with van der Waals surface area (Å²) in [6.07, 6.45) is 5.22. The van der Waals surface area contributed by atoms with Crippen molar-refractivity contribution in [1.29, 1.82) is 0 Å². The SMILES string of the molecule is O=C(O)C(=O)O.O=C(O)C(=O)O.O=C(OCCN1CCN2CCCCCC2C1)C(O)(c1ccccc1)c1ccccc1. The first-order valence-electron chi connectivity index (χ1n) is 13.4. The van der Waals surface area contributed by atoms with E-state index in [1.54, 1.807) is 24.3 Å². The van der Waals surface area contributed by atoms with Gasteiger partial charge in [-0.25, -0.2) is 24.0 Å². The molecule has 13 nitrogen and oxygen atoms in total. The first kappa shape index (κ1) is 33.9. The van der Waals surface area contributed by atoms with E-state index in [-0.39, 0.29) is 6.61 Å². The van der Waals surface area contributed by atoms with Crippen LogP contribution in [0.2, 0.25) is 0 Å². The molecular formula is C29H36N2O11. The molecule has 0 aromatic heterocycles. The third-order valence-electron chi connectivity index (χ3n) is 6.86. The van der Waals surface area contributed by atoms with Gasteiger partial charge in [0.1, 0.15) is 6.61 Å². The van der Waals surface area contributed by atoms with Crippen molar-refractivity contribution in [2.24, 2.45) is 0 Å². The number of carbonyl (C=O) groups excluding carboxylic acids is 1. The lowest BCUT2D eigenvalue weighted by atomic mass is 9.86. The Morgan fingerprint density at radius 2 is 1.21 bits per heavy atom. The average molecular weight is 589 g/mol. The van der Waals surface area contributed by atoms with Crippen molar-refractivity contribution >= 4 is 29.8 Å². The van der Waals surface area contributed by atoms with Crippen LogP contribution in [0.4, 0.5) is 0 Å². The van der Waals surface area contributed by atoms with Crippen molar-refractivity contribution in [1.82, 2.24) is 9.80 Å². The summed E-state index contributed by atoms with van der Waals surface area (Å²) in [5.41, 5.74) is -0.760. The molecule has 13 heteroatoms. The number of carboxylic acid groups (broad SMARTS) is 4. The highest BCUT2D eigenvalue weighted by molar-refractivity contribution is 6.27. The van der Waals surface area contributed by atoms with Gasteiger partial charge in [0.15, 0.2) is 0 Å². The third kappa shape index (κ3) is 10.3. The van der Waals surface area contributed by atoms with E-state index >= 15 is 0 Å². The first-order chi connectivity index (χ1) is 20.0. The maximum atomic E-state index is 13.1. The highest BCUT2D eigenvalue weighted by Crippen LogP contribution is 2.31. The van der Waals surface area contributed by atoms with Crippen LogP contribution in [0.1, 0.15) is 36.8 Å². The predicted molar refractivity (Wildman–Crippen MR) is 148 cm³/mol. The van der Waals surface area contributed by atoms with Crippen LogP contribution in [-0.4, -0.2) is 111 Å². The van der Waals surface area contributed by atoms with Gasteiger partial charge in [0.2, 0.25) is 5.60 Å². The van der Waals surface area contributed by atoms with E-state index in [4.69, 9.17) is 44.3 Å². The minimum absolute atomic E-state index is 0.285. The molecule has 5 N–H and O–H groups in total. The van der Waals surface area contributed by atoms with Gasteiger partial charge in [0, 0.05) is 32.2 Å². The molecule has 2 heterocycles. The highest BCUT2D eigenvalue weighted by Gasteiger charge is 2.41. The number of hydrogen-bond donors (Lipinski definition) is 5. The van der Waals surface area contributed by atoms with E-state index in [2.05, 4.69) is 9.80 Å². The van der Waals surface area contributed by atoms with Crippen molar-refractivity contribution < 1.29 is 54.2 Å². The quantitative estimate of drug-likeness (QED) is 0.239. The normalized spacial score (nSPS) is 17.0. The summed E-state index contributed by atoms with van der Waals surface area (Å²) >= 11 is 0. The maximum absolute atomic E-state index is 13.1. The molecule has 0 bridgehead atoms. The van der Waals surface area contributed by atoms with Gasteiger partial charge in [0.05, 0.1) is 0 Å². The maximum Gasteiger partial charge on any atom is 0.414 e. The molecule has 0 spiro atoms. The minimum atomic E-state index is -1.82. The molecule has 0 saturated carbocycles. The molecule has 2 aliphatic heterocycles. The Hall–Kier alpha value is -4.33. The summed E-state index contributed by atoms with van der Waals surface area (Å²) in [7, 11) is 0. The fourth-order valence-electron chi connectivity index (χ4n) is 4.73. The molecule has 42 heavy (non-hydrogen) atoms. The van der Waals surface area contributed by atoms with Crippen LogP contribution in [-0.2, 0) is 34.3 Å². The van der Waals surface area contributed by atoms with Crippen LogP contribution in [0, 0.1) is 0 Å². The molecule has 2 aromatic rings. The summed E-state index contributed by atoms with van der Waals surface area (Å²) < 4.78 is 5.64. The Balaban J connectivity index is 0.000000434. The standard InChI is InChI=1S/C25H32N2O3.2C2H2O4/c28-24(25(29,21-10-4-1-5-11-21)22-12-6-2-7-13-22)30-19-18-26-16-17-27-15-9-3-8-14-23(27)20-26;2*3-1(4)2(5)6/h1-2,4-7,10-13,23,29H,3,8-9,14-20H2;2*(H,3,4)(H,5,6). The summed E-state index contributed by atoms with van der Waals surface area (Å²) in [6.45, 7) is 5.35. The number of piperazine rings is 1. The molecule has 2 aliphatic rings. The molecule has 0 aliphatic carbocycles. The molecular weight excluding hydrogens is 552 g/mol. The molecule has 1 unspecified atom stereocenters. The lowest BCUT2D eigenvalue weighted by Gasteiger charge is -2.40. The highest BCUT2D eigenvalue weighted by atomic mass is 16.6. The molecule has 0 radical (unpaired) electrons. The Morgan fingerprint density at radius 1 is 0.714 bits per heavy atom. The van der Waals surface area contributed by atoms with E-state index in [9.17, 15) is 9.90 Å². The Bertz CT molecular complexity index is 1100. The van der Waals surface area contributed by atoms with Gasteiger partial charge in [-0.2, -0.15) is 0 Å². The number of nitrogens with zero attached hydrogens (tertiary/aromatic N) is 2. The molecule has 4 rings (SSSR count). The molecule has 2 saturated heterocycles. The number of carboxylic acids is 4. The van der Waals surface area contributed by atoms with Crippen molar-refractivity contribution in [3.63, 3.8) is 0 Å². The topological polar surface area (TPSA) is 202 Å². The van der Waals surface area contributed by atoms with Gasteiger partial charge in [0.25, 0.3) is 0 Å². The Kier molecular flexibility index (Phi) is 13.6. The van der Waals surface area contributed by atoms with Crippen molar-refractivity contribution in [3.8, 4) is 0 Å². The fourth-order valence-corrected chi connectivity index (χ4v) is 4.73. The van der Waals surface area contributed by atoms with Gasteiger partial charge < -0.3 is 30.3 Å². The Labute approximate surface area is 242 Å². The summed E-state index contributed by atoms with van der Waals surface area (Å²) in [6, 6.07) is 18.7. The van der Waals surface area contributed by atoms with Crippen molar-refractivity contribution in [3.05, 3.63) is 71.8 Å². The predicted octanol–water partition coefficient (Wildman–Crippen LogP) is 1.34. The molecule has 1 atom stereocenters. The zero-order chi connectivity index (χ0) is 31.1. The van der Waals surface area contributed by atoms with Gasteiger partial charge in [-0.05, 0) is 30.5 Å². The monoisotopic (exact) mass is 588 g/mol. The summed E-state index contributed by atoms with van der Waals surface area (Å²) in [5, 5.41) is 41.0. The summed E-state index contributed by atoms with van der Waals surface area (Å²) in [5.74, 6) is -7.91. The molecule has 228 valence electrons. The second-order valence-corrected chi connectivity index (χ2v) is 9.64. The largest absolute Gasteiger partial charge is 0.473 e. The van der Waals surface area contributed by atoms with E-state index in [0.29, 0.717) is 23.7 Å².